The Hall–Kier alpha value is -5.28. The number of aromatic nitrogens is 4. The number of anilines is 1. The lowest BCUT2D eigenvalue weighted by Crippen LogP contribution is -2.71. The number of rotatable bonds is 9. The molecular formula is C24H20N10O6S2. The third-order valence-electron chi connectivity index (χ3n) is 6.27. The predicted octanol–water partition coefficient (Wildman–Crippen LogP) is -1.93. The molecule has 1 fully saturated rings. The number of fused-ring (bicyclic) bond motifs is 1. The zero-order chi connectivity index (χ0) is 30.0. The zero-order valence-corrected chi connectivity index (χ0v) is 23.2. The van der Waals surface area contributed by atoms with Gasteiger partial charge in [0.15, 0.2) is 30.3 Å². The summed E-state index contributed by atoms with van der Waals surface area (Å²) in [4.78, 5) is 62.5. The van der Waals surface area contributed by atoms with Gasteiger partial charge >= 0.3 is 0 Å². The van der Waals surface area contributed by atoms with E-state index in [9.17, 15) is 24.3 Å². The second kappa shape index (κ2) is 11.7. The van der Waals surface area contributed by atoms with E-state index in [1.165, 1.54) is 18.9 Å². The molecule has 2 aliphatic rings. The molecule has 18 heteroatoms. The number of carboxylic acid groups (broad SMARTS) is 1. The van der Waals surface area contributed by atoms with Crippen LogP contribution in [0.4, 0.5) is 5.13 Å². The van der Waals surface area contributed by atoms with Gasteiger partial charge in [0.1, 0.15) is 24.2 Å². The summed E-state index contributed by atoms with van der Waals surface area (Å²) in [6, 6.07) is 4.12. The van der Waals surface area contributed by atoms with E-state index < -0.39 is 35.1 Å². The molecule has 5 heterocycles. The Morgan fingerprint density at radius 3 is 2.76 bits per heavy atom. The number of nitrogen functional groups attached to an aromatic ring is 1. The number of carboxylic acids is 1. The largest absolute Gasteiger partial charge is 0.543 e. The molecule has 0 aliphatic carbocycles. The summed E-state index contributed by atoms with van der Waals surface area (Å²) in [6.07, 6.45) is 6.65. The minimum Gasteiger partial charge on any atom is -0.543 e. The molecule has 0 bridgehead atoms. The fraction of sp³-hybridized carbons (Fsp3) is 0.208. The Morgan fingerprint density at radius 1 is 1.36 bits per heavy atom. The smallest absolute Gasteiger partial charge is 0.280 e. The normalized spacial score (nSPS) is 18.0. The van der Waals surface area contributed by atoms with Gasteiger partial charge in [-0.2, -0.15) is 14.6 Å². The molecule has 2 unspecified atom stereocenters. The molecule has 214 valence electrons. The van der Waals surface area contributed by atoms with Crippen LogP contribution in [0.3, 0.4) is 0 Å². The van der Waals surface area contributed by atoms with E-state index in [1.807, 2.05) is 5.32 Å². The van der Waals surface area contributed by atoms with Crippen molar-refractivity contribution in [2.45, 2.75) is 18.0 Å². The number of β-lactam (4-membered cyclic amide) rings is 1. The summed E-state index contributed by atoms with van der Waals surface area (Å²) in [5.41, 5.74) is 7.22. The van der Waals surface area contributed by atoms with Crippen molar-refractivity contribution in [3.63, 3.8) is 0 Å². The SMILES string of the molecule is CON=C(C(=O)NC1C(=O)N2C(C(=O)[O-])=C(C[n+]3ccc(-c4c[nH]c(C(=O)NC#N)c4)cc3)CSC12)c1nsc(N)n1. The Labute approximate surface area is 245 Å². The number of aromatic amines is 1. The Kier molecular flexibility index (Phi) is 7.86. The lowest BCUT2D eigenvalue weighted by molar-refractivity contribution is -0.689. The molecule has 2 atom stereocenters. The highest BCUT2D eigenvalue weighted by Crippen LogP contribution is 2.40. The summed E-state index contributed by atoms with van der Waals surface area (Å²) >= 11 is 2.15. The Morgan fingerprint density at radius 2 is 2.12 bits per heavy atom. The minimum absolute atomic E-state index is 0.0705. The summed E-state index contributed by atoms with van der Waals surface area (Å²) in [7, 11) is 1.23. The summed E-state index contributed by atoms with van der Waals surface area (Å²) in [5, 5.41) is 28.4. The van der Waals surface area contributed by atoms with Gasteiger partial charge in [-0.1, -0.05) is 5.16 Å². The van der Waals surface area contributed by atoms with E-state index in [0.29, 0.717) is 11.1 Å². The number of amides is 3. The Balaban J connectivity index is 1.29. The van der Waals surface area contributed by atoms with Crippen LogP contribution in [0.15, 0.2) is 53.2 Å². The maximum atomic E-state index is 13.1. The van der Waals surface area contributed by atoms with Gasteiger partial charge in [-0.3, -0.25) is 24.6 Å². The highest BCUT2D eigenvalue weighted by Gasteiger charge is 2.53. The van der Waals surface area contributed by atoms with E-state index in [-0.39, 0.29) is 40.4 Å². The lowest BCUT2D eigenvalue weighted by Gasteiger charge is -2.50. The summed E-state index contributed by atoms with van der Waals surface area (Å²) in [6.45, 7) is 0.161. The van der Waals surface area contributed by atoms with Crippen molar-refractivity contribution in [2.75, 3.05) is 18.6 Å². The topological polar surface area (TPSA) is 235 Å². The van der Waals surface area contributed by atoms with E-state index >= 15 is 0 Å². The van der Waals surface area contributed by atoms with Crippen LogP contribution in [0.2, 0.25) is 0 Å². The first kappa shape index (κ1) is 28.3. The number of oxime groups is 1. The minimum atomic E-state index is -1.51. The van der Waals surface area contributed by atoms with Crippen molar-refractivity contribution in [2.24, 2.45) is 5.16 Å². The molecule has 3 amide bonds. The molecule has 5 rings (SSSR count). The number of nitrogens with zero attached hydrogens (tertiary/aromatic N) is 6. The van der Waals surface area contributed by atoms with E-state index in [1.54, 1.807) is 47.5 Å². The number of aliphatic carboxylic acids is 1. The van der Waals surface area contributed by atoms with Crippen LogP contribution in [0.5, 0.6) is 0 Å². The standard InChI is InChI=1S/C24H20N10O6S2/c1-40-31-15(18-30-24(26)42-32-18)20(36)29-16-21(37)34-17(23(38)39)13(9-41-22(16)34)8-33-4-2-11(3-5-33)12-6-14(27-7-12)19(35)28-10-25/h2-7,16,22H,8-9H2,1H3,(H5,26,28,29,30,32,35,36,38,39). The third-order valence-corrected chi connectivity index (χ3v) is 8.16. The highest BCUT2D eigenvalue weighted by molar-refractivity contribution is 8.00. The average molecular weight is 609 g/mol. The number of pyridine rings is 1. The van der Waals surface area contributed by atoms with Gasteiger partial charge in [0.05, 0.1) is 11.7 Å². The van der Waals surface area contributed by atoms with Gasteiger partial charge in [0.2, 0.25) is 11.5 Å². The maximum absolute atomic E-state index is 13.1. The van der Waals surface area contributed by atoms with Gasteiger partial charge in [-0.05, 0) is 11.6 Å². The molecule has 16 nitrogen and oxygen atoms in total. The number of nitrogens with two attached hydrogens (primary N) is 1. The van der Waals surface area contributed by atoms with E-state index in [4.69, 9.17) is 15.8 Å². The molecule has 3 aromatic rings. The first-order valence-corrected chi connectivity index (χ1v) is 13.8. The molecule has 0 saturated carbocycles. The van der Waals surface area contributed by atoms with Crippen LogP contribution in [0.1, 0.15) is 16.3 Å². The lowest BCUT2D eigenvalue weighted by atomic mass is 10.0. The molecule has 5 N–H and O–H groups in total. The van der Waals surface area contributed by atoms with Crippen molar-refractivity contribution in [1.82, 2.24) is 29.9 Å². The van der Waals surface area contributed by atoms with Crippen LogP contribution in [0.25, 0.3) is 11.1 Å². The average Bonchev–Trinajstić information content (AvgIpc) is 3.64. The van der Waals surface area contributed by atoms with Gasteiger partial charge in [-0.15, -0.1) is 11.8 Å². The number of carbonyl (C=O) groups excluding carboxylic acids is 4. The van der Waals surface area contributed by atoms with Crippen LogP contribution in [0, 0.1) is 11.5 Å². The summed E-state index contributed by atoms with van der Waals surface area (Å²) in [5.74, 6) is -3.28. The van der Waals surface area contributed by atoms with Crippen LogP contribution in [-0.4, -0.2) is 72.9 Å². The number of thioether (sulfide) groups is 1. The Bertz CT molecular complexity index is 1690. The van der Waals surface area contributed by atoms with Crippen molar-refractivity contribution in [3.8, 4) is 17.3 Å². The molecule has 42 heavy (non-hydrogen) atoms. The predicted molar refractivity (Wildman–Crippen MR) is 144 cm³/mol. The first-order valence-electron chi connectivity index (χ1n) is 12.0. The highest BCUT2D eigenvalue weighted by atomic mass is 32.2. The number of H-pyrrole nitrogens is 1. The molecule has 0 radical (unpaired) electrons. The van der Waals surface area contributed by atoms with Crippen LogP contribution >= 0.6 is 23.3 Å². The van der Waals surface area contributed by atoms with Crippen molar-refractivity contribution < 1.29 is 33.7 Å². The fourth-order valence-electron chi connectivity index (χ4n) is 4.40. The number of nitrogens with one attached hydrogen (secondary N) is 3. The molecule has 0 aromatic carbocycles. The van der Waals surface area contributed by atoms with Gasteiger partial charge in [0.25, 0.3) is 17.7 Å². The van der Waals surface area contributed by atoms with Crippen molar-refractivity contribution in [3.05, 3.63) is 59.6 Å². The van der Waals surface area contributed by atoms with Gasteiger partial charge in [0, 0.05) is 46.8 Å². The molecule has 1 saturated heterocycles. The molecular weight excluding hydrogens is 588 g/mol. The van der Waals surface area contributed by atoms with Gasteiger partial charge in [-0.25, -0.2) is 4.57 Å². The first-order chi connectivity index (χ1) is 20.2. The fourth-order valence-corrected chi connectivity index (χ4v) is 6.16. The van der Waals surface area contributed by atoms with E-state index in [0.717, 1.165) is 22.0 Å². The van der Waals surface area contributed by atoms with Crippen molar-refractivity contribution >= 4 is 57.8 Å². The van der Waals surface area contributed by atoms with Crippen LogP contribution < -0.4 is 26.0 Å². The molecule has 2 aliphatic heterocycles. The second-order valence-corrected chi connectivity index (χ2v) is 10.7. The van der Waals surface area contributed by atoms with Crippen molar-refractivity contribution in [1.29, 1.82) is 5.26 Å². The number of hydrogen-bond donors (Lipinski definition) is 4. The number of carbonyl (C=O) groups is 4. The zero-order valence-electron chi connectivity index (χ0n) is 21.6. The van der Waals surface area contributed by atoms with Crippen LogP contribution in [-0.2, 0) is 25.8 Å². The second-order valence-electron chi connectivity index (χ2n) is 8.81. The van der Waals surface area contributed by atoms with Gasteiger partial charge < -0.3 is 30.8 Å². The molecule has 3 aromatic heterocycles. The monoisotopic (exact) mass is 608 g/mol. The van der Waals surface area contributed by atoms with E-state index in [2.05, 4.69) is 24.8 Å². The number of hydrogen-bond acceptors (Lipinski definition) is 13. The third kappa shape index (κ3) is 5.37. The molecule has 0 spiro atoms. The quantitative estimate of drug-likeness (QED) is 0.0521. The summed E-state index contributed by atoms with van der Waals surface area (Å²) < 4.78 is 5.68. The maximum Gasteiger partial charge on any atom is 0.280 e. The number of nitriles is 1.